The van der Waals surface area contributed by atoms with Crippen molar-refractivity contribution in [1.82, 2.24) is 4.90 Å². The maximum absolute atomic E-state index is 12.2. The van der Waals surface area contributed by atoms with Crippen LogP contribution in [-0.2, 0) is 4.79 Å². The predicted molar refractivity (Wildman–Crippen MR) is 59.7 cm³/mol. The molecule has 0 amide bonds. The summed E-state index contributed by atoms with van der Waals surface area (Å²) in [4.78, 5) is 11.8. The van der Waals surface area contributed by atoms with Gasteiger partial charge in [0.05, 0.1) is 12.1 Å². The number of allylic oxidation sites excluding steroid dienone is 1. The molecule has 0 saturated carbocycles. The Morgan fingerprint density at radius 1 is 1.67 bits per heavy atom. The number of carboxylic acid groups (broad SMARTS) is 1. The molecule has 0 aliphatic carbocycles. The van der Waals surface area contributed by atoms with Crippen LogP contribution in [-0.4, -0.2) is 28.9 Å². The zero-order valence-electron chi connectivity index (χ0n) is 7.58. The highest BCUT2D eigenvalue weighted by molar-refractivity contribution is 14.1. The fraction of sp³-hybridized carbons (Fsp3) is 0.222. The molecule has 0 saturated heterocycles. The molecule has 0 radical (unpaired) electrons. The summed E-state index contributed by atoms with van der Waals surface area (Å²) in [5.41, 5.74) is 0.369. The second-order valence-corrected chi connectivity index (χ2v) is 4.03. The Kier molecular flexibility index (Phi) is 3.83. The van der Waals surface area contributed by atoms with Crippen molar-refractivity contribution in [3.05, 3.63) is 33.7 Å². The Labute approximate surface area is 98.9 Å². The van der Waals surface area contributed by atoms with Crippen molar-refractivity contribution in [1.29, 1.82) is 0 Å². The van der Waals surface area contributed by atoms with Crippen LogP contribution in [0, 0.1) is 0 Å². The predicted octanol–water partition coefficient (Wildman–Crippen LogP) is 2.37. The third-order valence-corrected chi connectivity index (χ3v) is 2.72. The number of carboxylic acids is 1. The van der Waals surface area contributed by atoms with Crippen LogP contribution in [0.3, 0.4) is 0 Å². The zero-order chi connectivity index (χ0) is 11.6. The van der Waals surface area contributed by atoms with Gasteiger partial charge in [-0.3, -0.25) is 0 Å². The van der Waals surface area contributed by atoms with Crippen molar-refractivity contribution >= 4 is 28.6 Å². The first-order chi connectivity index (χ1) is 6.91. The number of halogens is 3. The van der Waals surface area contributed by atoms with Gasteiger partial charge in [0.1, 0.15) is 0 Å². The number of hydrogen-bond acceptors (Lipinski definition) is 2. The normalized spacial score (nSPS) is 16.5. The van der Waals surface area contributed by atoms with Crippen LogP contribution in [0.4, 0.5) is 8.78 Å². The lowest BCUT2D eigenvalue weighted by Gasteiger charge is -2.25. The van der Waals surface area contributed by atoms with Gasteiger partial charge < -0.3 is 10.0 Å². The van der Waals surface area contributed by atoms with Gasteiger partial charge in [0, 0.05) is 15.5 Å². The second kappa shape index (κ2) is 4.73. The zero-order valence-corrected chi connectivity index (χ0v) is 9.74. The Morgan fingerprint density at radius 2 is 2.27 bits per heavy atom. The largest absolute Gasteiger partial charge is 0.478 e. The maximum atomic E-state index is 12.2. The molecule has 0 unspecified atom stereocenters. The summed E-state index contributed by atoms with van der Waals surface area (Å²) in [5, 5.41) is 8.73. The Bertz CT molecular complexity index is 363. The third-order valence-electron chi connectivity index (χ3n) is 1.78. The SMILES string of the molecule is C=C1C(I)=CC(C(=O)O)=CN1CC(F)F. The summed E-state index contributed by atoms with van der Waals surface area (Å²) in [7, 11) is 0. The van der Waals surface area contributed by atoms with Crippen LogP contribution < -0.4 is 0 Å². The van der Waals surface area contributed by atoms with E-state index in [9.17, 15) is 13.6 Å². The van der Waals surface area contributed by atoms with Crippen molar-refractivity contribution in [3.8, 4) is 0 Å². The number of rotatable bonds is 3. The average Bonchev–Trinajstić information content (AvgIpc) is 2.11. The Hall–Kier alpha value is -0.920. The van der Waals surface area contributed by atoms with Gasteiger partial charge in [0.2, 0.25) is 0 Å². The van der Waals surface area contributed by atoms with Gasteiger partial charge in [-0.05, 0) is 28.7 Å². The van der Waals surface area contributed by atoms with Crippen LogP contribution in [0.5, 0.6) is 0 Å². The first kappa shape index (κ1) is 12.2. The molecule has 15 heavy (non-hydrogen) atoms. The summed E-state index contributed by atoms with van der Waals surface area (Å²) in [6.07, 6.45) is 0.0296. The van der Waals surface area contributed by atoms with Crippen LogP contribution in [0.1, 0.15) is 0 Å². The number of alkyl halides is 2. The minimum absolute atomic E-state index is 0.0209. The standard InChI is InChI=1S/C9H8F2INO2/c1-5-7(12)2-6(9(14)15)3-13(5)4-8(10)11/h2-3,8H,1,4H2,(H,14,15). The Morgan fingerprint density at radius 3 is 2.73 bits per heavy atom. The molecule has 0 fully saturated rings. The van der Waals surface area contributed by atoms with E-state index in [0.29, 0.717) is 9.28 Å². The highest BCUT2D eigenvalue weighted by Gasteiger charge is 2.20. The molecule has 1 aliphatic heterocycles. The van der Waals surface area contributed by atoms with Gasteiger partial charge in [-0.1, -0.05) is 6.58 Å². The van der Waals surface area contributed by atoms with Crippen molar-refractivity contribution < 1.29 is 18.7 Å². The minimum atomic E-state index is -2.53. The van der Waals surface area contributed by atoms with E-state index in [1.54, 1.807) is 0 Å². The topological polar surface area (TPSA) is 40.5 Å². The van der Waals surface area contributed by atoms with E-state index in [1.807, 2.05) is 22.6 Å². The van der Waals surface area contributed by atoms with E-state index in [-0.39, 0.29) is 5.57 Å². The second-order valence-electron chi connectivity index (χ2n) is 2.87. The third kappa shape index (κ3) is 3.01. The molecular formula is C9H8F2INO2. The molecule has 1 N–H and O–H groups in total. The fourth-order valence-corrected chi connectivity index (χ4v) is 1.71. The lowest BCUT2D eigenvalue weighted by molar-refractivity contribution is -0.132. The first-order valence-corrected chi connectivity index (χ1v) is 5.06. The quantitative estimate of drug-likeness (QED) is 0.809. The smallest absolute Gasteiger partial charge is 0.337 e. The lowest BCUT2D eigenvalue weighted by atomic mass is 10.2. The number of carbonyl (C=O) groups is 1. The molecule has 0 aromatic carbocycles. The molecule has 1 aliphatic rings. The Balaban J connectivity index is 2.94. The molecular weight excluding hydrogens is 319 g/mol. The molecule has 3 nitrogen and oxygen atoms in total. The highest BCUT2D eigenvalue weighted by atomic mass is 127. The van der Waals surface area contributed by atoms with Gasteiger partial charge in [-0.25, -0.2) is 13.6 Å². The fourth-order valence-electron chi connectivity index (χ4n) is 1.07. The van der Waals surface area contributed by atoms with Crippen LogP contribution in [0.2, 0.25) is 0 Å². The molecule has 6 heteroatoms. The van der Waals surface area contributed by atoms with Gasteiger partial charge in [0.15, 0.2) is 0 Å². The van der Waals surface area contributed by atoms with Crippen LogP contribution in [0.15, 0.2) is 33.7 Å². The van der Waals surface area contributed by atoms with Crippen LogP contribution in [0.25, 0.3) is 0 Å². The van der Waals surface area contributed by atoms with Crippen molar-refractivity contribution in [2.24, 2.45) is 0 Å². The van der Waals surface area contributed by atoms with Gasteiger partial charge >= 0.3 is 5.97 Å². The highest BCUT2D eigenvalue weighted by Crippen LogP contribution is 2.28. The number of nitrogens with zero attached hydrogens (tertiary/aromatic N) is 1. The van der Waals surface area contributed by atoms with E-state index in [1.165, 1.54) is 12.3 Å². The molecule has 0 atom stereocenters. The molecule has 1 heterocycles. The lowest BCUT2D eigenvalue weighted by Crippen LogP contribution is -2.26. The van der Waals surface area contributed by atoms with Gasteiger partial charge in [-0.2, -0.15) is 0 Å². The van der Waals surface area contributed by atoms with Gasteiger partial charge in [-0.15, -0.1) is 0 Å². The van der Waals surface area contributed by atoms with E-state index in [0.717, 1.165) is 4.90 Å². The van der Waals surface area contributed by atoms with E-state index < -0.39 is 18.9 Å². The minimum Gasteiger partial charge on any atom is -0.478 e. The van der Waals surface area contributed by atoms with E-state index in [4.69, 9.17) is 5.11 Å². The molecule has 0 aromatic rings. The molecule has 0 aromatic heterocycles. The summed E-state index contributed by atoms with van der Waals surface area (Å²) in [6.45, 7) is 3.06. The molecule has 0 spiro atoms. The molecule has 82 valence electrons. The summed E-state index contributed by atoms with van der Waals surface area (Å²) < 4.78 is 24.9. The summed E-state index contributed by atoms with van der Waals surface area (Å²) >= 11 is 1.86. The summed E-state index contributed by atoms with van der Waals surface area (Å²) in [6, 6.07) is 0. The van der Waals surface area contributed by atoms with E-state index >= 15 is 0 Å². The number of hydrogen-bond donors (Lipinski definition) is 1. The van der Waals surface area contributed by atoms with Gasteiger partial charge in [0.25, 0.3) is 6.43 Å². The summed E-state index contributed by atoms with van der Waals surface area (Å²) in [5.74, 6) is -1.14. The van der Waals surface area contributed by atoms with Crippen molar-refractivity contribution in [3.63, 3.8) is 0 Å². The first-order valence-electron chi connectivity index (χ1n) is 3.98. The van der Waals surface area contributed by atoms with E-state index in [2.05, 4.69) is 6.58 Å². The molecule has 0 bridgehead atoms. The van der Waals surface area contributed by atoms with Crippen LogP contribution >= 0.6 is 22.6 Å². The number of aliphatic carboxylic acids is 1. The van der Waals surface area contributed by atoms with Crippen molar-refractivity contribution in [2.45, 2.75) is 6.43 Å². The monoisotopic (exact) mass is 327 g/mol. The average molecular weight is 327 g/mol. The molecule has 1 rings (SSSR count). The maximum Gasteiger partial charge on any atom is 0.337 e. The van der Waals surface area contributed by atoms with Crippen molar-refractivity contribution in [2.75, 3.05) is 6.54 Å².